The molecule has 1 atom stereocenters. The maximum absolute atomic E-state index is 13.1. The zero-order valence-electron chi connectivity index (χ0n) is 14.2. The average Bonchev–Trinajstić information content (AvgIpc) is 2.86. The Morgan fingerprint density at radius 3 is 2.36 bits per heavy atom. The largest absolute Gasteiger partial charge is 0.337 e. The molecule has 0 aliphatic carbocycles. The highest BCUT2D eigenvalue weighted by atomic mass is 19.1. The molecule has 4 nitrogen and oxygen atoms in total. The summed E-state index contributed by atoms with van der Waals surface area (Å²) in [4.78, 5) is 28.1. The van der Waals surface area contributed by atoms with Gasteiger partial charge < -0.3 is 4.90 Å². The average molecular weight is 338 g/mol. The van der Waals surface area contributed by atoms with Gasteiger partial charge in [-0.25, -0.2) is 4.39 Å². The lowest BCUT2D eigenvalue weighted by atomic mass is 10.1. The van der Waals surface area contributed by atoms with E-state index < -0.39 is 0 Å². The summed E-state index contributed by atoms with van der Waals surface area (Å²) in [5.41, 5.74) is 2.69. The van der Waals surface area contributed by atoms with E-state index >= 15 is 0 Å². The molecule has 1 aliphatic rings. The molecule has 0 radical (unpaired) electrons. The molecule has 2 amide bonds. The number of rotatable bonds is 4. The van der Waals surface area contributed by atoms with Crippen molar-refractivity contribution in [2.45, 2.75) is 13.0 Å². The van der Waals surface area contributed by atoms with Crippen molar-refractivity contribution in [1.29, 1.82) is 0 Å². The minimum absolute atomic E-state index is 0.0750. The van der Waals surface area contributed by atoms with Crippen molar-refractivity contribution in [2.24, 2.45) is 0 Å². The minimum atomic E-state index is -0.318. The number of nitrogens with zero attached hydrogens (tertiary/aromatic N) is 2. The maximum Gasteiger partial charge on any atom is 0.259 e. The van der Waals surface area contributed by atoms with Crippen LogP contribution >= 0.6 is 0 Å². The molecule has 128 valence electrons. The number of fused-ring (bicyclic) bond motifs is 1. The molecule has 3 rings (SSSR count). The van der Waals surface area contributed by atoms with Crippen LogP contribution in [0.4, 0.5) is 4.39 Å². The molecule has 2 aromatic rings. The van der Waals surface area contributed by atoms with E-state index in [9.17, 15) is 14.0 Å². The lowest BCUT2D eigenvalue weighted by molar-refractivity contribution is -0.131. The lowest BCUT2D eigenvalue weighted by Crippen LogP contribution is -2.39. The maximum atomic E-state index is 13.1. The second kappa shape index (κ2) is 6.51. The van der Waals surface area contributed by atoms with Gasteiger partial charge in [-0.2, -0.15) is 0 Å². The van der Waals surface area contributed by atoms with Crippen LogP contribution in [0.2, 0.25) is 0 Å². The zero-order chi connectivity index (χ0) is 18.1. The first-order valence-electron chi connectivity index (χ1n) is 8.01. The molecule has 0 unspecified atom stereocenters. The summed E-state index contributed by atoms with van der Waals surface area (Å²) in [6, 6.07) is 13.0. The summed E-state index contributed by atoms with van der Waals surface area (Å²) in [6.07, 6.45) is 0. The van der Waals surface area contributed by atoms with Gasteiger partial charge in [0.05, 0.1) is 6.04 Å². The Kier molecular flexibility index (Phi) is 4.40. The van der Waals surface area contributed by atoms with Gasteiger partial charge in [-0.05, 0) is 30.7 Å². The molecule has 0 saturated heterocycles. The molecule has 0 bridgehead atoms. The van der Waals surface area contributed by atoms with Crippen molar-refractivity contribution in [1.82, 2.24) is 9.80 Å². The van der Waals surface area contributed by atoms with Crippen LogP contribution in [0.15, 0.2) is 55.1 Å². The Morgan fingerprint density at radius 2 is 1.76 bits per heavy atom. The number of hydrogen-bond donors (Lipinski definition) is 0. The molecule has 0 fully saturated rings. The van der Waals surface area contributed by atoms with Crippen LogP contribution in [0.3, 0.4) is 0 Å². The van der Waals surface area contributed by atoms with Crippen molar-refractivity contribution < 1.29 is 14.0 Å². The fourth-order valence-corrected chi connectivity index (χ4v) is 2.93. The predicted molar refractivity (Wildman–Crippen MR) is 94.1 cm³/mol. The number of carbonyl (C=O) groups excluding carboxylic acids is 2. The third-order valence-electron chi connectivity index (χ3n) is 4.66. The van der Waals surface area contributed by atoms with Crippen molar-refractivity contribution in [3.8, 4) is 0 Å². The standard InChI is InChI=1S/C20H19FN2O2/c1-13(15-8-10-16(21)11-9-15)22(3)19(24)12-23-14(2)17-6-4-5-7-18(17)20(23)25/h4-11,13H,2,12H2,1,3H3/t13-/m1/s1. The van der Waals surface area contributed by atoms with E-state index in [0.29, 0.717) is 11.3 Å². The number of benzene rings is 2. The molecule has 25 heavy (non-hydrogen) atoms. The summed E-state index contributed by atoms with van der Waals surface area (Å²) in [5.74, 6) is -0.738. The van der Waals surface area contributed by atoms with Crippen molar-refractivity contribution in [2.75, 3.05) is 13.6 Å². The van der Waals surface area contributed by atoms with Gasteiger partial charge in [-0.3, -0.25) is 14.5 Å². The highest BCUT2D eigenvalue weighted by Crippen LogP contribution is 2.31. The normalized spacial score (nSPS) is 14.4. The smallest absolute Gasteiger partial charge is 0.259 e. The summed E-state index contributed by atoms with van der Waals surface area (Å²) in [5, 5.41) is 0. The predicted octanol–water partition coefficient (Wildman–Crippen LogP) is 3.47. The fourth-order valence-electron chi connectivity index (χ4n) is 2.93. The Labute approximate surface area is 146 Å². The van der Waals surface area contributed by atoms with E-state index in [2.05, 4.69) is 6.58 Å². The second-order valence-electron chi connectivity index (χ2n) is 6.12. The molecule has 1 heterocycles. The third-order valence-corrected chi connectivity index (χ3v) is 4.66. The SMILES string of the molecule is C=C1c2ccccc2C(=O)N1CC(=O)N(C)[C@H](C)c1ccc(F)cc1. The van der Waals surface area contributed by atoms with Gasteiger partial charge in [0.25, 0.3) is 5.91 Å². The molecular formula is C20H19FN2O2. The monoisotopic (exact) mass is 338 g/mol. The van der Waals surface area contributed by atoms with Gasteiger partial charge in [0.1, 0.15) is 12.4 Å². The number of likely N-dealkylation sites (N-methyl/N-ethyl adjacent to an activating group) is 1. The summed E-state index contributed by atoms with van der Waals surface area (Å²) < 4.78 is 13.1. The molecule has 5 heteroatoms. The molecule has 0 spiro atoms. The van der Waals surface area contributed by atoms with Crippen LogP contribution in [0.1, 0.15) is 34.5 Å². The lowest BCUT2D eigenvalue weighted by Gasteiger charge is -2.28. The molecule has 2 aromatic carbocycles. The van der Waals surface area contributed by atoms with Crippen molar-refractivity contribution >= 4 is 17.5 Å². The third kappa shape index (κ3) is 3.05. The molecule has 0 aromatic heterocycles. The first-order valence-corrected chi connectivity index (χ1v) is 8.01. The Bertz CT molecular complexity index is 810. The van der Waals surface area contributed by atoms with Crippen molar-refractivity contribution in [3.05, 3.63) is 77.6 Å². The van der Waals surface area contributed by atoms with Crippen LogP contribution in [0.25, 0.3) is 5.70 Å². The first kappa shape index (κ1) is 16.9. The second-order valence-corrected chi connectivity index (χ2v) is 6.12. The number of carbonyl (C=O) groups is 2. The molecule has 0 N–H and O–H groups in total. The molecule has 0 saturated carbocycles. The molecular weight excluding hydrogens is 319 g/mol. The summed E-state index contributed by atoms with van der Waals surface area (Å²) in [6.45, 7) is 5.73. The quantitative estimate of drug-likeness (QED) is 0.856. The van der Waals surface area contributed by atoms with E-state index in [4.69, 9.17) is 0 Å². The van der Waals surface area contributed by atoms with Crippen LogP contribution in [-0.4, -0.2) is 35.2 Å². The van der Waals surface area contributed by atoms with Gasteiger partial charge in [0.15, 0.2) is 0 Å². The van der Waals surface area contributed by atoms with E-state index in [-0.39, 0.29) is 30.2 Å². The van der Waals surface area contributed by atoms with E-state index in [0.717, 1.165) is 11.1 Å². The Balaban J connectivity index is 1.73. The summed E-state index contributed by atoms with van der Waals surface area (Å²) in [7, 11) is 1.67. The Hall–Kier alpha value is -2.95. The fraction of sp³-hybridized carbons (Fsp3) is 0.200. The molecule has 1 aliphatic heterocycles. The first-order chi connectivity index (χ1) is 11.9. The van der Waals surface area contributed by atoms with E-state index in [1.54, 1.807) is 36.2 Å². The topological polar surface area (TPSA) is 40.6 Å². The van der Waals surface area contributed by atoms with Gasteiger partial charge >= 0.3 is 0 Å². The van der Waals surface area contributed by atoms with Gasteiger partial charge in [0.2, 0.25) is 5.91 Å². The van der Waals surface area contributed by atoms with E-state index in [1.165, 1.54) is 17.0 Å². The van der Waals surface area contributed by atoms with E-state index in [1.807, 2.05) is 19.1 Å². The van der Waals surface area contributed by atoms with Crippen LogP contribution in [0.5, 0.6) is 0 Å². The number of halogens is 1. The minimum Gasteiger partial charge on any atom is -0.337 e. The van der Waals surface area contributed by atoms with Gasteiger partial charge in [-0.15, -0.1) is 0 Å². The van der Waals surface area contributed by atoms with Gasteiger partial charge in [-0.1, -0.05) is 36.9 Å². The van der Waals surface area contributed by atoms with Crippen LogP contribution in [0, 0.1) is 5.82 Å². The number of hydrogen-bond acceptors (Lipinski definition) is 2. The van der Waals surface area contributed by atoms with Crippen molar-refractivity contribution in [3.63, 3.8) is 0 Å². The zero-order valence-corrected chi connectivity index (χ0v) is 14.2. The Morgan fingerprint density at radius 1 is 1.16 bits per heavy atom. The number of amides is 2. The highest BCUT2D eigenvalue weighted by molar-refractivity contribution is 6.10. The van der Waals surface area contributed by atoms with Gasteiger partial charge in [0, 0.05) is 23.9 Å². The summed E-state index contributed by atoms with van der Waals surface area (Å²) >= 11 is 0. The highest BCUT2D eigenvalue weighted by Gasteiger charge is 2.33. The van der Waals surface area contributed by atoms with Crippen LogP contribution < -0.4 is 0 Å². The van der Waals surface area contributed by atoms with Crippen LogP contribution in [-0.2, 0) is 4.79 Å².